The number of rotatable bonds is 12. The molecule has 1 unspecified atom stereocenters. The molecule has 36 heavy (non-hydrogen) atoms. The van der Waals surface area contributed by atoms with Gasteiger partial charge in [-0.1, -0.05) is 53.9 Å². The van der Waals surface area contributed by atoms with E-state index in [1.807, 2.05) is 32.9 Å². The van der Waals surface area contributed by atoms with E-state index in [1.165, 1.54) is 17.0 Å². The first-order chi connectivity index (χ1) is 16.8. The largest absolute Gasteiger partial charge is 0.352 e. The van der Waals surface area contributed by atoms with E-state index < -0.39 is 16.1 Å². The third-order valence-electron chi connectivity index (χ3n) is 5.41. The van der Waals surface area contributed by atoms with Crippen molar-refractivity contribution in [3.05, 3.63) is 63.1 Å². The molecular formula is C25H32Cl3N3O4S. The molecule has 0 spiro atoms. The molecule has 2 rings (SSSR count). The summed E-state index contributed by atoms with van der Waals surface area (Å²) in [5.41, 5.74) is 1.08. The van der Waals surface area contributed by atoms with Gasteiger partial charge in [-0.2, -0.15) is 0 Å². The number of hydrogen-bond donors (Lipinski definition) is 1. The Morgan fingerprint density at radius 2 is 1.61 bits per heavy atom. The number of halogens is 3. The zero-order valence-corrected chi connectivity index (χ0v) is 23.9. The maximum Gasteiger partial charge on any atom is 0.243 e. The van der Waals surface area contributed by atoms with Gasteiger partial charge in [-0.25, -0.2) is 8.42 Å². The Labute approximate surface area is 228 Å². The molecule has 0 fully saturated rings. The summed E-state index contributed by atoms with van der Waals surface area (Å²) in [5.74, 6) is -0.500. The highest BCUT2D eigenvalue weighted by molar-refractivity contribution is 7.92. The minimum Gasteiger partial charge on any atom is -0.352 e. The average molecular weight is 577 g/mol. The van der Waals surface area contributed by atoms with Crippen LogP contribution in [0, 0.1) is 0 Å². The fourth-order valence-corrected chi connectivity index (χ4v) is 5.28. The molecule has 7 nitrogen and oxygen atoms in total. The Balaban J connectivity index is 2.24. The fraction of sp³-hybridized carbons (Fsp3) is 0.440. The average Bonchev–Trinajstić information content (AvgIpc) is 2.78. The Hall–Kier alpha value is -2.00. The van der Waals surface area contributed by atoms with Gasteiger partial charge in [0.25, 0.3) is 0 Å². The van der Waals surface area contributed by atoms with Crippen LogP contribution < -0.4 is 9.62 Å². The Morgan fingerprint density at radius 1 is 1.00 bits per heavy atom. The first-order valence-electron chi connectivity index (χ1n) is 11.6. The zero-order valence-electron chi connectivity index (χ0n) is 20.8. The number of nitrogens with zero attached hydrogens (tertiary/aromatic N) is 2. The van der Waals surface area contributed by atoms with Gasteiger partial charge in [0.05, 0.1) is 17.0 Å². The summed E-state index contributed by atoms with van der Waals surface area (Å²) < 4.78 is 26.1. The van der Waals surface area contributed by atoms with E-state index in [9.17, 15) is 18.0 Å². The molecule has 0 aliphatic rings. The van der Waals surface area contributed by atoms with Crippen LogP contribution in [0.4, 0.5) is 5.69 Å². The highest BCUT2D eigenvalue weighted by Gasteiger charge is 2.29. The fourth-order valence-electron chi connectivity index (χ4n) is 3.75. The van der Waals surface area contributed by atoms with Crippen LogP contribution in [0.2, 0.25) is 15.1 Å². The minimum atomic E-state index is -3.69. The summed E-state index contributed by atoms with van der Waals surface area (Å²) >= 11 is 18.3. The van der Waals surface area contributed by atoms with Gasteiger partial charge in [-0.3, -0.25) is 13.9 Å². The molecule has 0 saturated heterocycles. The molecule has 0 heterocycles. The van der Waals surface area contributed by atoms with Crippen molar-refractivity contribution >= 4 is 62.3 Å². The molecule has 0 aromatic heterocycles. The molecule has 11 heteroatoms. The maximum atomic E-state index is 13.4. The number of amides is 2. The van der Waals surface area contributed by atoms with Crippen molar-refractivity contribution in [1.29, 1.82) is 0 Å². The van der Waals surface area contributed by atoms with Crippen molar-refractivity contribution in [1.82, 2.24) is 10.2 Å². The van der Waals surface area contributed by atoms with Gasteiger partial charge in [-0.05, 0) is 62.6 Å². The van der Waals surface area contributed by atoms with E-state index in [1.54, 1.807) is 18.2 Å². The molecule has 2 aromatic carbocycles. The standard InChI is InChI=1S/C25H32Cl3N3O4S/c1-5-22(25(33)29-17(2)3)30(16-18-8-10-19(26)11-9-18)24(32)7-6-14-31(36(4,34)35)23-15-20(27)12-13-21(23)28/h8-13,15,17,22H,5-7,14,16H2,1-4H3,(H,29,33). The molecule has 198 valence electrons. The third kappa shape index (κ3) is 8.83. The van der Waals surface area contributed by atoms with Gasteiger partial charge >= 0.3 is 0 Å². The van der Waals surface area contributed by atoms with E-state index in [4.69, 9.17) is 34.8 Å². The maximum absolute atomic E-state index is 13.4. The number of sulfonamides is 1. The highest BCUT2D eigenvalue weighted by Crippen LogP contribution is 2.31. The molecule has 0 aliphatic heterocycles. The van der Waals surface area contributed by atoms with E-state index in [-0.39, 0.29) is 54.5 Å². The van der Waals surface area contributed by atoms with Gasteiger partial charge < -0.3 is 10.2 Å². The van der Waals surface area contributed by atoms with Gasteiger partial charge in [0.2, 0.25) is 21.8 Å². The Kier molecular flexibility index (Phi) is 11.3. The van der Waals surface area contributed by atoms with Crippen molar-refractivity contribution in [2.24, 2.45) is 0 Å². The van der Waals surface area contributed by atoms with Crippen LogP contribution >= 0.6 is 34.8 Å². The normalized spacial score (nSPS) is 12.3. The van der Waals surface area contributed by atoms with Crippen molar-refractivity contribution in [3.63, 3.8) is 0 Å². The summed E-state index contributed by atoms with van der Waals surface area (Å²) in [5, 5.41) is 4.03. The van der Waals surface area contributed by atoms with Gasteiger partial charge in [0.1, 0.15) is 6.04 Å². The zero-order chi connectivity index (χ0) is 27.0. The molecule has 0 aliphatic carbocycles. The number of carbonyl (C=O) groups is 2. The Morgan fingerprint density at radius 3 is 2.17 bits per heavy atom. The molecular weight excluding hydrogens is 545 g/mol. The highest BCUT2D eigenvalue weighted by atomic mass is 35.5. The van der Waals surface area contributed by atoms with Crippen molar-refractivity contribution in [2.75, 3.05) is 17.1 Å². The van der Waals surface area contributed by atoms with Crippen molar-refractivity contribution in [2.45, 2.75) is 58.7 Å². The summed E-state index contributed by atoms with van der Waals surface area (Å²) in [6.07, 6.45) is 1.74. The smallest absolute Gasteiger partial charge is 0.243 e. The number of anilines is 1. The van der Waals surface area contributed by atoms with E-state index in [2.05, 4.69) is 5.32 Å². The van der Waals surface area contributed by atoms with E-state index in [0.717, 1.165) is 16.1 Å². The molecule has 1 N–H and O–H groups in total. The van der Waals surface area contributed by atoms with E-state index in [0.29, 0.717) is 16.5 Å². The SMILES string of the molecule is CCC(C(=O)NC(C)C)N(Cc1ccc(Cl)cc1)C(=O)CCCN(c1cc(Cl)ccc1Cl)S(C)(=O)=O. The van der Waals surface area contributed by atoms with Crippen LogP contribution in [0.1, 0.15) is 45.6 Å². The van der Waals surface area contributed by atoms with Gasteiger partial charge in [0.15, 0.2) is 0 Å². The molecule has 2 amide bonds. The lowest BCUT2D eigenvalue weighted by Crippen LogP contribution is -2.50. The predicted octanol–water partition coefficient (Wildman–Crippen LogP) is 5.53. The third-order valence-corrected chi connectivity index (χ3v) is 7.40. The second kappa shape index (κ2) is 13.5. The van der Waals surface area contributed by atoms with Crippen LogP contribution in [0.15, 0.2) is 42.5 Å². The van der Waals surface area contributed by atoms with Crippen LogP contribution in [0.5, 0.6) is 0 Å². The van der Waals surface area contributed by atoms with Crippen molar-refractivity contribution < 1.29 is 18.0 Å². The number of nitrogens with one attached hydrogen (secondary N) is 1. The second-order valence-electron chi connectivity index (χ2n) is 8.77. The summed E-state index contributed by atoms with van der Waals surface area (Å²) in [4.78, 5) is 27.8. The summed E-state index contributed by atoms with van der Waals surface area (Å²) in [7, 11) is -3.69. The Bertz CT molecular complexity index is 1160. The van der Waals surface area contributed by atoms with Crippen LogP contribution in [-0.2, 0) is 26.2 Å². The number of carbonyl (C=O) groups excluding carboxylic acids is 2. The monoisotopic (exact) mass is 575 g/mol. The lowest BCUT2D eigenvalue weighted by molar-refractivity contribution is -0.141. The van der Waals surface area contributed by atoms with Crippen molar-refractivity contribution in [3.8, 4) is 0 Å². The lowest BCUT2D eigenvalue weighted by atomic mass is 10.1. The van der Waals surface area contributed by atoms with Gasteiger partial charge in [-0.15, -0.1) is 0 Å². The molecule has 2 aromatic rings. The molecule has 0 saturated carbocycles. The predicted molar refractivity (Wildman–Crippen MR) is 147 cm³/mol. The molecule has 1 atom stereocenters. The first-order valence-corrected chi connectivity index (χ1v) is 14.6. The lowest BCUT2D eigenvalue weighted by Gasteiger charge is -2.31. The second-order valence-corrected chi connectivity index (χ2v) is 12.0. The summed E-state index contributed by atoms with van der Waals surface area (Å²) in [6.45, 7) is 5.80. The topological polar surface area (TPSA) is 86.8 Å². The number of benzene rings is 2. The summed E-state index contributed by atoms with van der Waals surface area (Å²) in [6, 6.07) is 10.9. The van der Waals surface area contributed by atoms with Crippen LogP contribution in [0.25, 0.3) is 0 Å². The molecule has 0 radical (unpaired) electrons. The van der Waals surface area contributed by atoms with Crippen LogP contribution in [0.3, 0.4) is 0 Å². The minimum absolute atomic E-state index is 0.0222. The van der Waals surface area contributed by atoms with E-state index >= 15 is 0 Å². The first kappa shape index (κ1) is 30.2. The van der Waals surface area contributed by atoms with Gasteiger partial charge in [0, 0.05) is 35.6 Å². The molecule has 0 bridgehead atoms. The quantitative estimate of drug-likeness (QED) is 0.360. The van der Waals surface area contributed by atoms with Crippen LogP contribution in [-0.4, -0.2) is 50.0 Å². The number of hydrogen-bond acceptors (Lipinski definition) is 4.